The predicted octanol–water partition coefficient (Wildman–Crippen LogP) is 5.34. The van der Waals surface area contributed by atoms with Crippen LogP contribution in [0.15, 0.2) is 121 Å². The van der Waals surface area contributed by atoms with E-state index in [1.165, 1.54) is 11.1 Å². The molecule has 1 aliphatic rings. The van der Waals surface area contributed by atoms with Crippen molar-refractivity contribution in [1.82, 2.24) is 15.1 Å². The van der Waals surface area contributed by atoms with Crippen molar-refractivity contribution in [3.05, 3.63) is 144 Å². The van der Waals surface area contributed by atoms with Crippen molar-refractivity contribution >= 4 is 5.91 Å². The van der Waals surface area contributed by atoms with Gasteiger partial charge in [-0.05, 0) is 29.3 Å². The fraction of sp³-hybridized carbons (Fsp3) is 0.242. The third-order valence-electron chi connectivity index (χ3n) is 7.45. The number of benzene rings is 4. The highest BCUT2D eigenvalue weighted by molar-refractivity contribution is 5.84. The molecule has 0 bridgehead atoms. The molecule has 188 valence electrons. The maximum atomic E-state index is 14.0. The summed E-state index contributed by atoms with van der Waals surface area (Å²) in [6.07, 6.45) is 0. The van der Waals surface area contributed by atoms with Crippen LogP contribution in [-0.4, -0.2) is 55.0 Å². The highest BCUT2D eigenvalue weighted by atomic mass is 16.2. The standard InChI is InChI=1S/C33H35N3O/c1-34-31(30(26-14-6-2-7-15-26)27-16-8-3-9-17-27)33(37)36-24-22-35(23-25-36)32(28-18-10-4-11-19-28)29-20-12-5-13-21-29/h2-21,30-32,34H,22-25H2,1H3. The van der Waals surface area contributed by atoms with Crippen LogP contribution >= 0.6 is 0 Å². The van der Waals surface area contributed by atoms with E-state index in [9.17, 15) is 4.79 Å². The third kappa shape index (κ3) is 5.66. The lowest BCUT2D eigenvalue weighted by atomic mass is 9.84. The molecule has 0 saturated carbocycles. The van der Waals surface area contributed by atoms with Gasteiger partial charge in [-0.25, -0.2) is 0 Å². The lowest BCUT2D eigenvalue weighted by Crippen LogP contribution is -2.55. The zero-order valence-corrected chi connectivity index (χ0v) is 21.4. The van der Waals surface area contributed by atoms with Crippen LogP contribution in [0.4, 0.5) is 0 Å². The van der Waals surface area contributed by atoms with E-state index in [1.807, 2.05) is 24.1 Å². The van der Waals surface area contributed by atoms with Gasteiger partial charge in [0, 0.05) is 32.1 Å². The topological polar surface area (TPSA) is 35.6 Å². The van der Waals surface area contributed by atoms with Crippen LogP contribution < -0.4 is 5.32 Å². The van der Waals surface area contributed by atoms with Crippen LogP contribution in [0, 0.1) is 0 Å². The first-order chi connectivity index (χ1) is 18.3. The average molecular weight is 490 g/mol. The first-order valence-corrected chi connectivity index (χ1v) is 13.2. The second-order valence-electron chi connectivity index (χ2n) is 9.65. The largest absolute Gasteiger partial charge is 0.339 e. The van der Waals surface area contributed by atoms with Crippen LogP contribution in [0.1, 0.15) is 34.2 Å². The molecule has 1 amide bonds. The molecule has 0 radical (unpaired) electrons. The number of carbonyl (C=O) groups is 1. The molecule has 0 aromatic heterocycles. The molecule has 1 saturated heterocycles. The summed E-state index contributed by atoms with van der Waals surface area (Å²) in [5, 5.41) is 3.38. The molecule has 4 aromatic rings. The van der Waals surface area contributed by atoms with Crippen molar-refractivity contribution in [3.63, 3.8) is 0 Å². The summed E-state index contributed by atoms with van der Waals surface area (Å²) in [6.45, 7) is 3.09. The Morgan fingerprint density at radius 2 is 0.973 bits per heavy atom. The van der Waals surface area contributed by atoms with Crippen molar-refractivity contribution in [2.45, 2.75) is 18.0 Å². The number of hydrogen-bond donors (Lipinski definition) is 1. The molecule has 1 fully saturated rings. The number of likely N-dealkylation sites (N-methyl/N-ethyl adjacent to an activating group) is 1. The molecule has 1 atom stereocenters. The molecule has 4 aromatic carbocycles. The minimum atomic E-state index is -0.338. The second-order valence-corrected chi connectivity index (χ2v) is 9.65. The number of carbonyl (C=O) groups excluding carboxylic acids is 1. The molecule has 37 heavy (non-hydrogen) atoms. The van der Waals surface area contributed by atoms with Gasteiger partial charge in [0.2, 0.25) is 5.91 Å². The first-order valence-electron chi connectivity index (χ1n) is 13.2. The van der Waals surface area contributed by atoms with Crippen molar-refractivity contribution in [3.8, 4) is 0 Å². The van der Waals surface area contributed by atoms with Gasteiger partial charge in [-0.3, -0.25) is 9.69 Å². The summed E-state index contributed by atoms with van der Waals surface area (Å²) in [4.78, 5) is 18.5. The van der Waals surface area contributed by atoms with E-state index in [0.29, 0.717) is 13.1 Å². The summed E-state index contributed by atoms with van der Waals surface area (Å²) in [6, 6.07) is 42.0. The maximum Gasteiger partial charge on any atom is 0.240 e. The van der Waals surface area contributed by atoms with Gasteiger partial charge in [0.15, 0.2) is 0 Å². The molecule has 4 heteroatoms. The van der Waals surface area contributed by atoms with E-state index in [0.717, 1.165) is 24.2 Å². The fourth-order valence-electron chi connectivity index (χ4n) is 5.61. The van der Waals surface area contributed by atoms with Gasteiger partial charge in [0.1, 0.15) is 0 Å². The number of piperazine rings is 1. The Hall–Kier alpha value is -3.73. The molecule has 1 heterocycles. The Bertz CT molecular complexity index is 1160. The highest BCUT2D eigenvalue weighted by Crippen LogP contribution is 2.32. The Morgan fingerprint density at radius 3 is 1.35 bits per heavy atom. The zero-order chi connectivity index (χ0) is 25.5. The third-order valence-corrected chi connectivity index (χ3v) is 7.45. The van der Waals surface area contributed by atoms with Gasteiger partial charge >= 0.3 is 0 Å². The Kier molecular flexibility index (Phi) is 8.09. The van der Waals surface area contributed by atoms with Gasteiger partial charge in [0.05, 0.1) is 12.1 Å². The Morgan fingerprint density at radius 1 is 0.595 bits per heavy atom. The summed E-state index contributed by atoms with van der Waals surface area (Å²) in [5.41, 5.74) is 4.87. The number of amides is 1. The second kappa shape index (κ2) is 12.0. The van der Waals surface area contributed by atoms with Crippen LogP contribution in [0.3, 0.4) is 0 Å². The molecule has 0 spiro atoms. The summed E-state index contributed by atoms with van der Waals surface area (Å²) >= 11 is 0. The normalized spacial score (nSPS) is 15.2. The van der Waals surface area contributed by atoms with E-state index >= 15 is 0 Å². The zero-order valence-electron chi connectivity index (χ0n) is 21.4. The molecule has 0 aliphatic carbocycles. The van der Waals surface area contributed by atoms with E-state index in [2.05, 4.69) is 119 Å². The van der Waals surface area contributed by atoms with Crippen LogP contribution in [0.25, 0.3) is 0 Å². The minimum Gasteiger partial charge on any atom is -0.339 e. The quantitative estimate of drug-likeness (QED) is 0.363. The molecule has 1 aliphatic heterocycles. The SMILES string of the molecule is CNC(C(=O)N1CCN(C(c2ccccc2)c2ccccc2)CC1)C(c1ccccc1)c1ccccc1. The summed E-state index contributed by atoms with van der Waals surface area (Å²) in [5.74, 6) is 0.107. The van der Waals surface area contributed by atoms with E-state index in [-0.39, 0.29) is 23.9 Å². The number of nitrogens with one attached hydrogen (secondary N) is 1. The van der Waals surface area contributed by atoms with Gasteiger partial charge in [-0.2, -0.15) is 0 Å². The van der Waals surface area contributed by atoms with Crippen molar-refractivity contribution in [2.75, 3.05) is 33.2 Å². The van der Waals surface area contributed by atoms with Crippen LogP contribution in [-0.2, 0) is 4.79 Å². The predicted molar refractivity (Wildman–Crippen MR) is 150 cm³/mol. The number of hydrogen-bond acceptors (Lipinski definition) is 3. The van der Waals surface area contributed by atoms with E-state index in [1.54, 1.807) is 0 Å². The lowest BCUT2D eigenvalue weighted by molar-refractivity contribution is -0.135. The minimum absolute atomic E-state index is 0.0562. The smallest absolute Gasteiger partial charge is 0.240 e. The van der Waals surface area contributed by atoms with Gasteiger partial charge in [-0.1, -0.05) is 121 Å². The molecular weight excluding hydrogens is 454 g/mol. The number of rotatable bonds is 8. The Labute approximate surface area is 220 Å². The summed E-state index contributed by atoms with van der Waals surface area (Å²) < 4.78 is 0. The molecule has 5 rings (SSSR count). The summed E-state index contributed by atoms with van der Waals surface area (Å²) in [7, 11) is 1.90. The van der Waals surface area contributed by atoms with Gasteiger partial charge in [0.25, 0.3) is 0 Å². The monoisotopic (exact) mass is 489 g/mol. The van der Waals surface area contributed by atoms with Crippen molar-refractivity contribution in [2.24, 2.45) is 0 Å². The molecular formula is C33H35N3O. The fourth-order valence-corrected chi connectivity index (χ4v) is 5.61. The molecule has 1 unspecified atom stereocenters. The Balaban J connectivity index is 1.36. The van der Waals surface area contributed by atoms with Gasteiger partial charge in [-0.15, -0.1) is 0 Å². The molecule has 4 nitrogen and oxygen atoms in total. The van der Waals surface area contributed by atoms with Crippen LogP contribution in [0.5, 0.6) is 0 Å². The highest BCUT2D eigenvalue weighted by Gasteiger charge is 2.35. The first kappa shape index (κ1) is 24.9. The van der Waals surface area contributed by atoms with Crippen molar-refractivity contribution < 1.29 is 4.79 Å². The number of nitrogens with zero attached hydrogens (tertiary/aromatic N) is 2. The van der Waals surface area contributed by atoms with E-state index in [4.69, 9.17) is 0 Å². The molecule has 1 N–H and O–H groups in total. The van der Waals surface area contributed by atoms with Gasteiger partial charge < -0.3 is 10.2 Å². The average Bonchev–Trinajstić information content (AvgIpc) is 2.98. The lowest BCUT2D eigenvalue weighted by Gasteiger charge is -2.41. The van der Waals surface area contributed by atoms with Crippen LogP contribution in [0.2, 0.25) is 0 Å². The van der Waals surface area contributed by atoms with E-state index < -0.39 is 0 Å². The van der Waals surface area contributed by atoms with Crippen molar-refractivity contribution in [1.29, 1.82) is 0 Å². The maximum absolute atomic E-state index is 14.0.